The third-order valence-corrected chi connectivity index (χ3v) is 7.17. The fourth-order valence-corrected chi connectivity index (χ4v) is 4.63. The monoisotopic (exact) mass is 533 g/mol. The molecule has 0 fully saturated rings. The SMILES string of the molecule is COC(=O)COc1ccc(-c2ccc(S(C)(=O)=O)cc2)cc1CCNC(=O)c1cc2ccccc2cc1O. The number of amides is 1. The largest absolute Gasteiger partial charge is 0.507 e. The number of rotatable bonds is 9. The van der Waals surface area contributed by atoms with E-state index in [2.05, 4.69) is 10.1 Å². The first-order valence-corrected chi connectivity index (χ1v) is 13.7. The van der Waals surface area contributed by atoms with E-state index in [0.29, 0.717) is 12.2 Å². The molecule has 0 radical (unpaired) electrons. The lowest BCUT2D eigenvalue weighted by Gasteiger charge is -2.14. The zero-order valence-corrected chi connectivity index (χ0v) is 21.7. The van der Waals surface area contributed by atoms with Crippen molar-refractivity contribution in [3.63, 3.8) is 0 Å². The van der Waals surface area contributed by atoms with Gasteiger partial charge >= 0.3 is 5.97 Å². The molecule has 1 amide bonds. The number of sulfone groups is 1. The van der Waals surface area contributed by atoms with Crippen LogP contribution in [0.1, 0.15) is 15.9 Å². The minimum absolute atomic E-state index is 0.108. The molecule has 4 aromatic rings. The third kappa shape index (κ3) is 6.30. The van der Waals surface area contributed by atoms with Gasteiger partial charge in [-0.3, -0.25) is 4.79 Å². The molecule has 0 spiro atoms. The van der Waals surface area contributed by atoms with E-state index in [4.69, 9.17) is 4.74 Å². The van der Waals surface area contributed by atoms with Gasteiger partial charge in [-0.15, -0.1) is 0 Å². The number of esters is 1. The van der Waals surface area contributed by atoms with Crippen molar-refractivity contribution < 1.29 is 32.6 Å². The van der Waals surface area contributed by atoms with Crippen molar-refractivity contribution >= 4 is 32.5 Å². The second-order valence-electron chi connectivity index (χ2n) is 8.71. The van der Waals surface area contributed by atoms with E-state index in [9.17, 15) is 23.1 Å². The second-order valence-corrected chi connectivity index (χ2v) is 10.7. The summed E-state index contributed by atoms with van der Waals surface area (Å²) >= 11 is 0. The van der Waals surface area contributed by atoms with E-state index in [0.717, 1.165) is 33.7 Å². The highest BCUT2D eigenvalue weighted by Crippen LogP contribution is 2.29. The van der Waals surface area contributed by atoms with Gasteiger partial charge in [0.05, 0.1) is 17.6 Å². The Morgan fingerprint density at radius 1 is 0.895 bits per heavy atom. The standard InChI is InChI=1S/C29H27NO7S/c1-36-28(32)18-37-27-12-9-22(19-7-10-24(11-8-19)38(2,34)35)15-23(27)13-14-30-29(33)25-16-20-5-3-4-6-21(20)17-26(25)31/h3-12,15-17,31H,13-14,18H2,1-2H3,(H,30,33). The Morgan fingerprint density at radius 3 is 2.21 bits per heavy atom. The van der Waals surface area contributed by atoms with Crippen LogP contribution in [0, 0.1) is 0 Å². The summed E-state index contributed by atoms with van der Waals surface area (Å²) in [5.41, 5.74) is 2.50. The number of aromatic hydroxyl groups is 1. The van der Waals surface area contributed by atoms with Crippen LogP contribution < -0.4 is 10.1 Å². The van der Waals surface area contributed by atoms with Crippen LogP contribution in [-0.4, -0.2) is 51.9 Å². The molecule has 4 rings (SSSR count). The minimum atomic E-state index is -3.31. The van der Waals surface area contributed by atoms with Crippen LogP contribution in [0.4, 0.5) is 0 Å². The Bertz CT molecular complexity index is 1600. The van der Waals surface area contributed by atoms with Crippen molar-refractivity contribution in [2.75, 3.05) is 26.5 Å². The van der Waals surface area contributed by atoms with Gasteiger partial charge < -0.3 is 19.9 Å². The summed E-state index contributed by atoms with van der Waals surface area (Å²) in [5, 5.41) is 14.8. The predicted octanol–water partition coefficient (Wildman–Crippen LogP) is 4.14. The Morgan fingerprint density at radius 2 is 1.55 bits per heavy atom. The van der Waals surface area contributed by atoms with Crippen molar-refractivity contribution in [2.24, 2.45) is 0 Å². The topological polar surface area (TPSA) is 119 Å². The predicted molar refractivity (Wildman–Crippen MR) is 144 cm³/mol. The number of hydrogen-bond acceptors (Lipinski definition) is 7. The van der Waals surface area contributed by atoms with Crippen molar-refractivity contribution in [2.45, 2.75) is 11.3 Å². The minimum Gasteiger partial charge on any atom is -0.507 e. The van der Waals surface area contributed by atoms with Gasteiger partial charge in [-0.05, 0) is 70.3 Å². The smallest absolute Gasteiger partial charge is 0.343 e. The van der Waals surface area contributed by atoms with Crippen LogP contribution in [-0.2, 0) is 25.8 Å². The molecule has 0 saturated carbocycles. The molecule has 0 saturated heterocycles. The molecule has 0 aliphatic carbocycles. The van der Waals surface area contributed by atoms with E-state index in [1.54, 1.807) is 48.5 Å². The molecular formula is C29H27NO7S. The average Bonchev–Trinajstić information content (AvgIpc) is 2.91. The number of hydrogen-bond donors (Lipinski definition) is 2. The lowest BCUT2D eigenvalue weighted by Crippen LogP contribution is -2.26. The molecule has 0 aliphatic heterocycles. The molecule has 0 unspecified atom stereocenters. The normalized spacial score (nSPS) is 11.2. The lowest BCUT2D eigenvalue weighted by molar-refractivity contribution is -0.142. The number of nitrogens with one attached hydrogen (secondary N) is 1. The maximum absolute atomic E-state index is 12.8. The molecule has 0 atom stereocenters. The highest BCUT2D eigenvalue weighted by atomic mass is 32.2. The van der Waals surface area contributed by atoms with E-state index >= 15 is 0 Å². The molecule has 0 aromatic heterocycles. The summed E-state index contributed by atoms with van der Waals surface area (Å²) in [5.74, 6) is -0.605. The van der Waals surface area contributed by atoms with Gasteiger partial charge in [0.2, 0.25) is 0 Å². The maximum atomic E-state index is 12.8. The van der Waals surface area contributed by atoms with Crippen molar-refractivity contribution in [1.29, 1.82) is 0 Å². The summed E-state index contributed by atoms with van der Waals surface area (Å²) in [6, 6.07) is 22.5. The summed E-state index contributed by atoms with van der Waals surface area (Å²) in [6.45, 7) is -0.0423. The quantitative estimate of drug-likeness (QED) is 0.310. The van der Waals surface area contributed by atoms with Crippen LogP contribution in [0.15, 0.2) is 83.8 Å². The van der Waals surface area contributed by atoms with E-state index in [-0.39, 0.29) is 29.4 Å². The molecular weight excluding hydrogens is 506 g/mol. The second kappa shape index (κ2) is 11.4. The molecule has 9 heteroatoms. The first-order chi connectivity index (χ1) is 18.2. The number of phenols is 1. The number of methoxy groups -OCH3 is 1. The molecule has 0 aliphatic rings. The maximum Gasteiger partial charge on any atom is 0.343 e. The third-order valence-electron chi connectivity index (χ3n) is 6.04. The van der Waals surface area contributed by atoms with E-state index in [1.165, 1.54) is 7.11 Å². The van der Waals surface area contributed by atoms with Crippen LogP contribution >= 0.6 is 0 Å². The van der Waals surface area contributed by atoms with Gasteiger partial charge in [0.25, 0.3) is 5.91 Å². The van der Waals surface area contributed by atoms with Crippen LogP contribution in [0.3, 0.4) is 0 Å². The Labute approximate surface area is 220 Å². The molecule has 2 N–H and O–H groups in total. The van der Waals surface area contributed by atoms with Crippen molar-refractivity contribution in [3.05, 3.63) is 90.0 Å². The van der Waals surface area contributed by atoms with Gasteiger partial charge in [-0.1, -0.05) is 42.5 Å². The zero-order valence-electron chi connectivity index (χ0n) is 20.9. The number of carbonyl (C=O) groups is 2. The molecule has 38 heavy (non-hydrogen) atoms. The zero-order chi connectivity index (χ0) is 27.3. The van der Waals surface area contributed by atoms with Gasteiger partial charge in [0.1, 0.15) is 11.5 Å². The number of fused-ring (bicyclic) bond motifs is 1. The Hall–Kier alpha value is -4.37. The molecule has 4 aromatic carbocycles. The lowest BCUT2D eigenvalue weighted by atomic mass is 10.0. The van der Waals surface area contributed by atoms with Crippen LogP contribution in [0.25, 0.3) is 21.9 Å². The van der Waals surface area contributed by atoms with Gasteiger partial charge in [-0.25, -0.2) is 13.2 Å². The Balaban J connectivity index is 1.54. The molecule has 196 valence electrons. The molecule has 0 bridgehead atoms. The highest BCUT2D eigenvalue weighted by molar-refractivity contribution is 7.90. The summed E-state index contributed by atoms with van der Waals surface area (Å²) in [4.78, 5) is 24.7. The first-order valence-electron chi connectivity index (χ1n) is 11.8. The van der Waals surface area contributed by atoms with Gasteiger partial charge in [0, 0.05) is 12.8 Å². The number of phenolic OH excluding ortho intramolecular Hbond substituents is 1. The summed E-state index contributed by atoms with van der Waals surface area (Å²) in [7, 11) is -2.04. The number of benzene rings is 4. The average molecular weight is 534 g/mol. The molecule has 0 heterocycles. The van der Waals surface area contributed by atoms with Crippen molar-refractivity contribution in [3.8, 4) is 22.6 Å². The fraction of sp³-hybridized carbons (Fsp3) is 0.172. The Kier molecular flexibility index (Phi) is 7.97. The van der Waals surface area contributed by atoms with Crippen molar-refractivity contribution in [1.82, 2.24) is 5.32 Å². The fourth-order valence-electron chi connectivity index (χ4n) is 4.00. The first kappa shape index (κ1) is 26.7. The van der Waals surface area contributed by atoms with Gasteiger partial charge in [0.15, 0.2) is 16.4 Å². The van der Waals surface area contributed by atoms with Crippen LogP contribution in [0.2, 0.25) is 0 Å². The van der Waals surface area contributed by atoms with E-state index < -0.39 is 21.7 Å². The number of carbonyl (C=O) groups excluding carboxylic acids is 2. The van der Waals surface area contributed by atoms with E-state index in [1.807, 2.05) is 30.3 Å². The summed E-state index contributed by atoms with van der Waals surface area (Å²) in [6.07, 6.45) is 1.52. The molecule has 8 nitrogen and oxygen atoms in total. The number of ether oxygens (including phenoxy) is 2. The van der Waals surface area contributed by atoms with Gasteiger partial charge in [-0.2, -0.15) is 0 Å². The highest BCUT2D eigenvalue weighted by Gasteiger charge is 2.14. The van der Waals surface area contributed by atoms with Crippen LogP contribution in [0.5, 0.6) is 11.5 Å². The summed E-state index contributed by atoms with van der Waals surface area (Å²) < 4.78 is 33.9.